The Labute approximate surface area is 104 Å². The molecule has 16 heavy (non-hydrogen) atoms. The molecule has 0 aromatic heterocycles. The molecule has 3 nitrogen and oxygen atoms in total. The summed E-state index contributed by atoms with van der Waals surface area (Å²) in [6.45, 7) is 3.76. The van der Waals surface area contributed by atoms with Crippen LogP contribution in [0.5, 0.6) is 5.75 Å². The Morgan fingerprint density at radius 1 is 1.31 bits per heavy atom. The second kappa shape index (κ2) is 5.89. The summed E-state index contributed by atoms with van der Waals surface area (Å²) in [6.07, 6.45) is 0. The van der Waals surface area contributed by atoms with Crippen LogP contribution in [0.2, 0.25) is 0 Å². The number of amides is 1. The summed E-state index contributed by atoms with van der Waals surface area (Å²) in [5.74, 6) is 0.805. The molecule has 0 aliphatic rings. The van der Waals surface area contributed by atoms with Gasteiger partial charge in [-0.15, -0.1) is 0 Å². The number of carbonyl (C=O) groups is 1. The number of benzene rings is 1. The number of methoxy groups -OCH3 is 1. The van der Waals surface area contributed by atoms with Gasteiger partial charge in [-0.3, -0.25) is 4.79 Å². The Kier molecular flexibility index (Phi) is 4.80. The van der Waals surface area contributed by atoms with Gasteiger partial charge in [0.1, 0.15) is 5.75 Å². The Balaban J connectivity index is 2.65. The molecule has 0 saturated heterocycles. The molecule has 1 N–H and O–H groups in total. The number of halogens is 1. The molecule has 2 atom stereocenters. The highest BCUT2D eigenvalue weighted by Gasteiger charge is 2.13. The minimum Gasteiger partial charge on any atom is -0.497 e. The summed E-state index contributed by atoms with van der Waals surface area (Å²) in [5.41, 5.74) is 1.06. The number of nitrogens with one attached hydrogen (secondary N) is 1. The lowest BCUT2D eigenvalue weighted by atomic mass is 10.1. The van der Waals surface area contributed by atoms with Crippen LogP contribution in [0.25, 0.3) is 0 Å². The van der Waals surface area contributed by atoms with Gasteiger partial charge >= 0.3 is 0 Å². The van der Waals surface area contributed by atoms with E-state index in [-0.39, 0.29) is 16.8 Å². The van der Waals surface area contributed by atoms with Crippen molar-refractivity contribution in [2.24, 2.45) is 0 Å². The fourth-order valence-electron chi connectivity index (χ4n) is 1.30. The SMILES string of the molecule is COc1ccc(C(C)NC(=O)C(C)Br)cc1. The van der Waals surface area contributed by atoms with Gasteiger partial charge in [-0.1, -0.05) is 28.1 Å². The molecule has 0 bridgehead atoms. The number of carbonyl (C=O) groups excluding carboxylic acids is 1. The summed E-state index contributed by atoms with van der Waals surface area (Å²) in [4.78, 5) is 11.3. The van der Waals surface area contributed by atoms with Crippen molar-refractivity contribution in [1.29, 1.82) is 0 Å². The van der Waals surface area contributed by atoms with E-state index < -0.39 is 0 Å². The first-order chi connectivity index (χ1) is 7.54. The zero-order valence-corrected chi connectivity index (χ0v) is 11.2. The predicted octanol–water partition coefficient (Wildman–Crippen LogP) is 2.66. The summed E-state index contributed by atoms with van der Waals surface area (Å²) < 4.78 is 5.07. The van der Waals surface area contributed by atoms with Crippen molar-refractivity contribution >= 4 is 21.8 Å². The molecule has 0 spiro atoms. The van der Waals surface area contributed by atoms with Gasteiger partial charge < -0.3 is 10.1 Å². The molecule has 0 aliphatic heterocycles. The highest BCUT2D eigenvalue weighted by molar-refractivity contribution is 9.10. The summed E-state index contributed by atoms with van der Waals surface area (Å²) >= 11 is 3.23. The van der Waals surface area contributed by atoms with Crippen LogP contribution in [0.1, 0.15) is 25.5 Å². The Morgan fingerprint density at radius 2 is 1.88 bits per heavy atom. The van der Waals surface area contributed by atoms with E-state index >= 15 is 0 Å². The molecular formula is C12H16BrNO2. The molecular weight excluding hydrogens is 270 g/mol. The van der Waals surface area contributed by atoms with Gasteiger partial charge in [-0.25, -0.2) is 0 Å². The number of ether oxygens (including phenoxy) is 1. The van der Waals surface area contributed by atoms with Crippen LogP contribution in [0.3, 0.4) is 0 Å². The first kappa shape index (κ1) is 13.0. The van der Waals surface area contributed by atoms with Crippen molar-refractivity contribution in [3.05, 3.63) is 29.8 Å². The van der Waals surface area contributed by atoms with Crippen molar-refractivity contribution in [3.8, 4) is 5.75 Å². The highest BCUT2D eigenvalue weighted by Crippen LogP contribution is 2.17. The Bertz CT molecular complexity index is 349. The number of hydrogen-bond acceptors (Lipinski definition) is 2. The van der Waals surface area contributed by atoms with E-state index in [9.17, 15) is 4.79 Å². The van der Waals surface area contributed by atoms with Crippen LogP contribution in [0.4, 0.5) is 0 Å². The molecule has 0 fully saturated rings. The molecule has 4 heteroatoms. The van der Waals surface area contributed by atoms with E-state index in [1.165, 1.54) is 0 Å². The molecule has 1 aromatic carbocycles. The highest BCUT2D eigenvalue weighted by atomic mass is 79.9. The summed E-state index contributed by atoms with van der Waals surface area (Å²) in [5, 5.41) is 2.91. The largest absolute Gasteiger partial charge is 0.497 e. The Hall–Kier alpha value is -1.03. The number of hydrogen-bond donors (Lipinski definition) is 1. The molecule has 1 amide bonds. The minimum absolute atomic E-state index is 0.00148. The zero-order chi connectivity index (χ0) is 12.1. The lowest BCUT2D eigenvalue weighted by Crippen LogP contribution is -2.31. The average Bonchev–Trinajstić information content (AvgIpc) is 2.28. The normalized spacial score (nSPS) is 14.0. The van der Waals surface area contributed by atoms with Crippen molar-refractivity contribution in [3.63, 3.8) is 0 Å². The molecule has 0 saturated carbocycles. The van der Waals surface area contributed by atoms with Crippen LogP contribution < -0.4 is 10.1 Å². The van der Waals surface area contributed by atoms with Crippen LogP contribution in [0.15, 0.2) is 24.3 Å². The maximum atomic E-state index is 11.5. The fourth-order valence-corrected chi connectivity index (χ4v) is 1.44. The smallest absolute Gasteiger partial charge is 0.233 e. The van der Waals surface area contributed by atoms with Crippen LogP contribution in [-0.4, -0.2) is 17.8 Å². The van der Waals surface area contributed by atoms with Gasteiger partial charge in [0.2, 0.25) is 5.91 Å². The van der Waals surface area contributed by atoms with Crippen LogP contribution in [-0.2, 0) is 4.79 Å². The molecule has 1 rings (SSSR count). The third-order valence-corrected chi connectivity index (χ3v) is 2.75. The molecule has 0 aliphatic carbocycles. The summed E-state index contributed by atoms with van der Waals surface area (Å²) in [7, 11) is 1.63. The number of rotatable bonds is 4. The van der Waals surface area contributed by atoms with Crippen LogP contribution >= 0.6 is 15.9 Å². The molecule has 88 valence electrons. The van der Waals surface area contributed by atoms with E-state index in [1.807, 2.05) is 31.2 Å². The third-order valence-electron chi connectivity index (χ3n) is 2.34. The van der Waals surface area contributed by atoms with Gasteiger partial charge in [0.25, 0.3) is 0 Å². The molecule has 2 unspecified atom stereocenters. The first-order valence-corrected chi connectivity index (χ1v) is 6.04. The van der Waals surface area contributed by atoms with Gasteiger partial charge in [-0.2, -0.15) is 0 Å². The van der Waals surface area contributed by atoms with E-state index in [0.717, 1.165) is 11.3 Å². The van der Waals surface area contributed by atoms with Gasteiger partial charge in [0, 0.05) is 0 Å². The van der Waals surface area contributed by atoms with Gasteiger partial charge in [0.05, 0.1) is 18.0 Å². The molecule has 0 heterocycles. The maximum Gasteiger partial charge on any atom is 0.233 e. The van der Waals surface area contributed by atoms with Crippen molar-refractivity contribution in [2.45, 2.75) is 24.7 Å². The predicted molar refractivity (Wildman–Crippen MR) is 67.9 cm³/mol. The standard InChI is InChI=1S/C12H16BrNO2/c1-8(13)12(15)14-9(2)10-4-6-11(16-3)7-5-10/h4-9H,1-3H3,(H,14,15). The van der Waals surface area contributed by atoms with Gasteiger partial charge in [0.15, 0.2) is 0 Å². The van der Waals surface area contributed by atoms with Crippen molar-refractivity contribution in [1.82, 2.24) is 5.32 Å². The zero-order valence-electron chi connectivity index (χ0n) is 9.66. The van der Waals surface area contributed by atoms with E-state index in [1.54, 1.807) is 14.0 Å². The fraction of sp³-hybridized carbons (Fsp3) is 0.417. The lowest BCUT2D eigenvalue weighted by molar-refractivity contribution is -0.120. The van der Waals surface area contributed by atoms with Crippen molar-refractivity contribution in [2.75, 3.05) is 7.11 Å². The molecule has 0 radical (unpaired) electrons. The topological polar surface area (TPSA) is 38.3 Å². The van der Waals surface area contributed by atoms with Crippen LogP contribution in [0, 0.1) is 0 Å². The van der Waals surface area contributed by atoms with Gasteiger partial charge in [-0.05, 0) is 31.5 Å². The average molecular weight is 286 g/mol. The van der Waals surface area contributed by atoms with E-state index in [4.69, 9.17) is 4.74 Å². The molecule has 1 aromatic rings. The monoisotopic (exact) mass is 285 g/mol. The second-order valence-corrected chi connectivity index (χ2v) is 4.99. The summed E-state index contributed by atoms with van der Waals surface area (Å²) in [6, 6.07) is 7.66. The third kappa shape index (κ3) is 3.52. The minimum atomic E-state index is -0.173. The van der Waals surface area contributed by atoms with E-state index in [2.05, 4.69) is 21.2 Å². The van der Waals surface area contributed by atoms with E-state index in [0.29, 0.717) is 0 Å². The Morgan fingerprint density at radius 3 is 2.31 bits per heavy atom. The first-order valence-electron chi connectivity index (χ1n) is 5.13. The lowest BCUT2D eigenvalue weighted by Gasteiger charge is -2.15. The number of alkyl halides is 1. The maximum absolute atomic E-state index is 11.5. The van der Waals surface area contributed by atoms with Crippen molar-refractivity contribution < 1.29 is 9.53 Å². The quantitative estimate of drug-likeness (QED) is 0.864. The second-order valence-electron chi connectivity index (χ2n) is 3.62.